The Morgan fingerprint density at radius 2 is 2.04 bits per heavy atom. The molecule has 1 aromatic heterocycles. The molecule has 0 fully saturated rings. The fourth-order valence-corrected chi connectivity index (χ4v) is 2.51. The summed E-state index contributed by atoms with van der Waals surface area (Å²) in [5, 5.41) is 8.68. The number of aromatic nitrogens is 2. The molecule has 0 atom stereocenters. The van der Waals surface area contributed by atoms with Gasteiger partial charge in [0.15, 0.2) is 5.16 Å². The highest BCUT2D eigenvalue weighted by Gasteiger charge is 2.09. The summed E-state index contributed by atoms with van der Waals surface area (Å²) in [4.78, 5) is 27.4. The Morgan fingerprint density at radius 3 is 2.78 bits per heavy atom. The van der Waals surface area contributed by atoms with Crippen LogP contribution in [0.2, 0.25) is 0 Å². The lowest BCUT2D eigenvalue weighted by molar-refractivity contribution is 0.0954. The SMILES string of the molecule is CNC(=O)NCCNC(=O)c1cccc(-n2ccnc2SC)c1. The van der Waals surface area contributed by atoms with E-state index in [4.69, 9.17) is 0 Å². The molecule has 2 rings (SSSR count). The Labute approximate surface area is 138 Å². The van der Waals surface area contributed by atoms with Crippen molar-refractivity contribution in [3.05, 3.63) is 42.2 Å². The van der Waals surface area contributed by atoms with Crippen molar-refractivity contribution in [1.29, 1.82) is 0 Å². The van der Waals surface area contributed by atoms with E-state index in [9.17, 15) is 9.59 Å². The average molecular weight is 333 g/mol. The molecule has 0 aliphatic carbocycles. The molecule has 1 heterocycles. The van der Waals surface area contributed by atoms with Crippen LogP contribution in [0.4, 0.5) is 4.79 Å². The van der Waals surface area contributed by atoms with Crippen molar-refractivity contribution in [3.8, 4) is 5.69 Å². The number of amides is 3. The molecule has 0 saturated carbocycles. The second-order valence-electron chi connectivity index (χ2n) is 4.60. The molecule has 0 spiro atoms. The maximum Gasteiger partial charge on any atom is 0.314 e. The zero-order valence-electron chi connectivity index (χ0n) is 13.0. The average Bonchev–Trinajstić information content (AvgIpc) is 3.07. The number of imidazole rings is 1. The van der Waals surface area contributed by atoms with E-state index in [1.165, 1.54) is 11.8 Å². The van der Waals surface area contributed by atoms with Crippen molar-refractivity contribution in [2.75, 3.05) is 26.4 Å². The number of thioether (sulfide) groups is 1. The van der Waals surface area contributed by atoms with E-state index in [-0.39, 0.29) is 11.9 Å². The number of urea groups is 1. The van der Waals surface area contributed by atoms with Crippen LogP contribution >= 0.6 is 11.8 Å². The summed E-state index contributed by atoms with van der Waals surface area (Å²) in [5.41, 5.74) is 1.44. The molecule has 23 heavy (non-hydrogen) atoms. The summed E-state index contributed by atoms with van der Waals surface area (Å²) < 4.78 is 1.93. The molecule has 0 aliphatic heterocycles. The predicted octanol–water partition coefficient (Wildman–Crippen LogP) is 1.25. The molecule has 0 aliphatic rings. The minimum atomic E-state index is -0.272. The standard InChI is InChI=1S/C15H19N5O2S/c1-16-14(22)18-7-6-17-13(21)11-4-3-5-12(10-11)20-9-8-19-15(20)23-2/h3-5,8-10H,6-7H2,1-2H3,(H,17,21)(H2,16,18,22). The molecule has 3 amide bonds. The van der Waals surface area contributed by atoms with Crippen molar-refractivity contribution in [2.24, 2.45) is 0 Å². The Kier molecular flexibility index (Phi) is 6.04. The number of benzene rings is 1. The molecule has 1 aromatic carbocycles. The van der Waals surface area contributed by atoms with Crippen LogP contribution in [0.5, 0.6) is 0 Å². The van der Waals surface area contributed by atoms with Gasteiger partial charge >= 0.3 is 6.03 Å². The van der Waals surface area contributed by atoms with Crippen LogP contribution in [0.25, 0.3) is 5.69 Å². The summed E-state index contributed by atoms with van der Waals surface area (Å²) in [5.74, 6) is -0.184. The molecular weight excluding hydrogens is 314 g/mol. The second kappa shape index (κ2) is 8.23. The van der Waals surface area contributed by atoms with Crippen LogP contribution in [0.1, 0.15) is 10.4 Å². The monoisotopic (exact) mass is 333 g/mol. The first kappa shape index (κ1) is 16.9. The highest BCUT2D eigenvalue weighted by Crippen LogP contribution is 2.18. The first-order valence-electron chi connectivity index (χ1n) is 7.07. The van der Waals surface area contributed by atoms with Gasteiger partial charge in [-0.15, -0.1) is 0 Å². The summed E-state index contributed by atoms with van der Waals surface area (Å²) in [6.45, 7) is 0.723. The lowest BCUT2D eigenvalue weighted by atomic mass is 10.2. The van der Waals surface area contributed by atoms with Gasteiger partial charge in [-0.25, -0.2) is 9.78 Å². The zero-order chi connectivity index (χ0) is 16.7. The van der Waals surface area contributed by atoms with Crippen LogP contribution in [-0.2, 0) is 0 Å². The molecule has 0 radical (unpaired) electrons. The number of nitrogens with one attached hydrogen (secondary N) is 3. The van der Waals surface area contributed by atoms with Crippen molar-refractivity contribution in [1.82, 2.24) is 25.5 Å². The number of hydrogen-bond acceptors (Lipinski definition) is 4. The van der Waals surface area contributed by atoms with Gasteiger partial charge < -0.3 is 16.0 Å². The molecule has 2 aromatic rings. The van der Waals surface area contributed by atoms with E-state index >= 15 is 0 Å². The van der Waals surface area contributed by atoms with Gasteiger partial charge in [-0.2, -0.15) is 0 Å². The Morgan fingerprint density at radius 1 is 1.26 bits per heavy atom. The Bertz CT molecular complexity index is 686. The molecule has 0 bridgehead atoms. The fraction of sp³-hybridized carbons (Fsp3) is 0.267. The first-order chi connectivity index (χ1) is 11.2. The van der Waals surface area contributed by atoms with Crippen LogP contribution in [0.15, 0.2) is 41.8 Å². The number of hydrogen-bond donors (Lipinski definition) is 3. The van der Waals surface area contributed by atoms with Crippen molar-refractivity contribution >= 4 is 23.7 Å². The van der Waals surface area contributed by atoms with Gasteiger partial charge in [-0.3, -0.25) is 9.36 Å². The number of nitrogens with zero attached hydrogens (tertiary/aromatic N) is 2. The normalized spacial score (nSPS) is 10.2. The van der Waals surface area contributed by atoms with E-state index in [1.807, 2.05) is 35.2 Å². The Balaban J connectivity index is 1.99. The third kappa shape index (κ3) is 4.49. The second-order valence-corrected chi connectivity index (χ2v) is 5.37. The molecule has 8 heteroatoms. The molecule has 122 valence electrons. The predicted molar refractivity (Wildman–Crippen MR) is 90.1 cm³/mol. The van der Waals surface area contributed by atoms with Gasteiger partial charge in [0.05, 0.1) is 0 Å². The number of carbonyl (C=O) groups excluding carboxylic acids is 2. The Hall–Kier alpha value is -2.48. The number of carbonyl (C=O) groups is 2. The van der Waals surface area contributed by atoms with Crippen LogP contribution < -0.4 is 16.0 Å². The van der Waals surface area contributed by atoms with Crippen LogP contribution in [0, 0.1) is 0 Å². The summed E-state index contributed by atoms with van der Waals surface area (Å²) in [6, 6.07) is 7.04. The van der Waals surface area contributed by atoms with E-state index in [1.54, 1.807) is 19.3 Å². The highest BCUT2D eigenvalue weighted by atomic mass is 32.2. The largest absolute Gasteiger partial charge is 0.350 e. The fourth-order valence-electron chi connectivity index (χ4n) is 1.98. The molecule has 0 unspecified atom stereocenters. The smallest absolute Gasteiger partial charge is 0.314 e. The van der Waals surface area contributed by atoms with E-state index < -0.39 is 0 Å². The van der Waals surface area contributed by atoms with Crippen LogP contribution in [-0.4, -0.2) is 47.9 Å². The minimum absolute atomic E-state index is 0.184. The molecule has 7 nitrogen and oxygen atoms in total. The van der Waals surface area contributed by atoms with E-state index in [2.05, 4.69) is 20.9 Å². The lowest BCUT2D eigenvalue weighted by Gasteiger charge is -2.09. The van der Waals surface area contributed by atoms with Crippen LogP contribution in [0.3, 0.4) is 0 Å². The molecular formula is C15H19N5O2S. The van der Waals surface area contributed by atoms with E-state index in [0.29, 0.717) is 18.7 Å². The third-order valence-electron chi connectivity index (χ3n) is 3.10. The van der Waals surface area contributed by atoms with Gasteiger partial charge in [0.25, 0.3) is 5.91 Å². The third-order valence-corrected chi connectivity index (χ3v) is 3.77. The zero-order valence-corrected chi connectivity index (χ0v) is 13.8. The summed E-state index contributed by atoms with van der Waals surface area (Å²) >= 11 is 1.54. The van der Waals surface area contributed by atoms with Gasteiger partial charge in [0, 0.05) is 43.8 Å². The maximum absolute atomic E-state index is 12.2. The maximum atomic E-state index is 12.2. The van der Waals surface area contributed by atoms with Crippen molar-refractivity contribution in [3.63, 3.8) is 0 Å². The quantitative estimate of drug-likeness (QED) is 0.548. The van der Waals surface area contributed by atoms with Gasteiger partial charge in [-0.05, 0) is 24.5 Å². The van der Waals surface area contributed by atoms with Gasteiger partial charge in [-0.1, -0.05) is 17.8 Å². The molecule has 0 saturated heterocycles. The highest BCUT2D eigenvalue weighted by molar-refractivity contribution is 7.98. The topological polar surface area (TPSA) is 88.0 Å². The van der Waals surface area contributed by atoms with Gasteiger partial charge in [0.2, 0.25) is 0 Å². The summed E-state index contributed by atoms with van der Waals surface area (Å²) in [7, 11) is 1.54. The van der Waals surface area contributed by atoms with Crippen molar-refractivity contribution < 1.29 is 9.59 Å². The lowest BCUT2D eigenvalue weighted by Crippen LogP contribution is -2.38. The first-order valence-corrected chi connectivity index (χ1v) is 8.29. The van der Waals surface area contributed by atoms with Gasteiger partial charge in [0.1, 0.15) is 0 Å². The van der Waals surface area contributed by atoms with E-state index in [0.717, 1.165) is 10.8 Å². The van der Waals surface area contributed by atoms with Crippen molar-refractivity contribution in [2.45, 2.75) is 5.16 Å². The summed E-state index contributed by atoms with van der Waals surface area (Å²) in [6.07, 6.45) is 5.54. The molecule has 3 N–H and O–H groups in total. The minimum Gasteiger partial charge on any atom is -0.350 e. The number of rotatable bonds is 6.